The molecule has 0 unspecified atom stereocenters. The lowest BCUT2D eigenvalue weighted by atomic mass is 9.87. The predicted octanol–water partition coefficient (Wildman–Crippen LogP) is 0.738. The fraction of sp³-hybridized carbons (Fsp3) is 0.500. The van der Waals surface area contributed by atoms with Gasteiger partial charge in [-0.15, -0.1) is 0 Å². The molecular weight excluding hydrogens is 160 g/mol. The average molecular weight is 170 g/mol. The van der Waals surface area contributed by atoms with Crippen molar-refractivity contribution in [1.29, 1.82) is 0 Å². The summed E-state index contributed by atoms with van der Waals surface area (Å²) in [5, 5.41) is 17.2. The van der Waals surface area contributed by atoms with Gasteiger partial charge in [-0.1, -0.05) is 12.2 Å². The van der Waals surface area contributed by atoms with Crippen molar-refractivity contribution in [3.8, 4) is 0 Å². The second-order valence-corrected chi connectivity index (χ2v) is 2.88. The number of rotatable bonds is 2. The van der Waals surface area contributed by atoms with E-state index in [-0.39, 0.29) is 6.42 Å². The molecule has 0 heterocycles. The summed E-state index contributed by atoms with van der Waals surface area (Å²) in [6, 6.07) is 0. The topological polar surface area (TPSA) is 74.6 Å². The van der Waals surface area contributed by atoms with Gasteiger partial charge in [-0.3, -0.25) is 9.59 Å². The van der Waals surface area contributed by atoms with Gasteiger partial charge in [0.1, 0.15) is 0 Å². The lowest BCUT2D eigenvalue weighted by molar-refractivity contribution is -0.144. The van der Waals surface area contributed by atoms with Crippen LogP contribution in [0.3, 0.4) is 0 Å². The molecule has 2 atom stereocenters. The number of allylic oxidation sites excluding steroid dienone is 1. The van der Waals surface area contributed by atoms with E-state index >= 15 is 0 Å². The van der Waals surface area contributed by atoms with Gasteiger partial charge in [0.05, 0.1) is 11.8 Å². The number of carbonyl (C=O) groups is 2. The molecule has 0 aromatic carbocycles. The van der Waals surface area contributed by atoms with Crippen molar-refractivity contribution in [3.05, 3.63) is 12.2 Å². The van der Waals surface area contributed by atoms with E-state index in [0.29, 0.717) is 6.42 Å². The fourth-order valence-electron chi connectivity index (χ4n) is 1.27. The van der Waals surface area contributed by atoms with Gasteiger partial charge in [0.2, 0.25) is 0 Å². The number of hydrogen-bond acceptors (Lipinski definition) is 2. The third-order valence-corrected chi connectivity index (χ3v) is 1.99. The zero-order valence-electron chi connectivity index (χ0n) is 6.43. The number of aliphatic carboxylic acids is 2. The summed E-state index contributed by atoms with van der Waals surface area (Å²) in [5.41, 5.74) is 0. The van der Waals surface area contributed by atoms with Crippen LogP contribution < -0.4 is 0 Å². The van der Waals surface area contributed by atoms with Crippen LogP contribution >= 0.6 is 0 Å². The van der Waals surface area contributed by atoms with Crippen LogP contribution in [0.5, 0.6) is 0 Å². The van der Waals surface area contributed by atoms with Gasteiger partial charge in [-0.25, -0.2) is 0 Å². The molecule has 0 fully saturated rings. The van der Waals surface area contributed by atoms with Gasteiger partial charge in [-0.05, 0) is 12.8 Å². The summed E-state index contributed by atoms with van der Waals surface area (Å²) in [6.07, 6.45) is 3.84. The van der Waals surface area contributed by atoms with Crippen molar-refractivity contribution >= 4 is 11.9 Å². The third kappa shape index (κ3) is 1.84. The highest BCUT2D eigenvalue weighted by atomic mass is 16.4. The lowest BCUT2D eigenvalue weighted by Gasteiger charge is -2.17. The Morgan fingerprint density at radius 2 is 1.92 bits per heavy atom. The maximum Gasteiger partial charge on any atom is 0.310 e. The van der Waals surface area contributed by atoms with E-state index in [4.69, 9.17) is 10.2 Å². The van der Waals surface area contributed by atoms with E-state index in [0.717, 1.165) is 0 Å². The molecule has 2 N–H and O–H groups in total. The molecule has 0 aromatic heterocycles. The van der Waals surface area contributed by atoms with Gasteiger partial charge >= 0.3 is 11.9 Å². The van der Waals surface area contributed by atoms with E-state index < -0.39 is 23.8 Å². The Bertz CT molecular complexity index is 231. The lowest BCUT2D eigenvalue weighted by Crippen LogP contribution is -2.23. The highest BCUT2D eigenvalue weighted by Gasteiger charge is 2.27. The number of carboxylic acid groups (broad SMARTS) is 2. The fourth-order valence-corrected chi connectivity index (χ4v) is 1.27. The molecule has 1 rings (SSSR count). The summed E-state index contributed by atoms with van der Waals surface area (Å²) in [6.45, 7) is 0. The van der Waals surface area contributed by atoms with Crippen molar-refractivity contribution < 1.29 is 19.8 Å². The highest BCUT2D eigenvalue weighted by Crippen LogP contribution is 2.23. The Kier molecular flexibility index (Phi) is 2.47. The van der Waals surface area contributed by atoms with E-state index in [1.165, 1.54) is 0 Å². The Labute approximate surface area is 69.5 Å². The summed E-state index contributed by atoms with van der Waals surface area (Å²) in [5.74, 6) is -3.02. The molecule has 4 nitrogen and oxygen atoms in total. The molecule has 4 heteroatoms. The van der Waals surface area contributed by atoms with Crippen LogP contribution in [0.25, 0.3) is 0 Å². The molecule has 0 aromatic rings. The van der Waals surface area contributed by atoms with Crippen LogP contribution in [0.4, 0.5) is 0 Å². The molecule has 66 valence electrons. The summed E-state index contributed by atoms with van der Waals surface area (Å²) in [4.78, 5) is 21.0. The smallest absolute Gasteiger partial charge is 0.310 e. The van der Waals surface area contributed by atoms with Crippen molar-refractivity contribution in [2.24, 2.45) is 11.8 Å². The van der Waals surface area contributed by atoms with Gasteiger partial charge in [0, 0.05) is 0 Å². The molecule has 12 heavy (non-hydrogen) atoms. The minimum Gasteiger partial charge on any atom is -0.481 e. The molecule has 0 spiro atoms. The molecule has 0 bridgehead atoms. The van der Waals surface area contributed by atoms with Gasteiger partial charge in [0.25, 0.3) is 0 Å². The van der Waals surface area contributed by atoms with Gasteiger partial charge < -0.3 is 10.2 Å². The first-order chi connectivity index (χ1) is 5.61. The standard InChI is InChI=1S/C8H10O4/c9-7(10)5-2-1-3-6(4-5)8(11)12/h1-2,5-6H,3-4H2,(H,9,10)(H,11,12)/t5-,6+/m0/s1. The first-order valence-electron chi connectivity index (χ1n) is 3.73. The van der Waals surface area contributed by atoms with Crippen molar-refractivity contribution in [2.75, 3.05) is 0 Å². The second kappa shape index (κ2) is 3.38. The third-order valence-electron chi connectivity index (χ3n) is 1.99. The van der Waals surface area contributed by atoms with E-state index in [1.807, 2.05) is 0 Å². The van der Waals surface area contributed by atoms with Crippen molar-refractivity contribution in [2.45, 2.75) is 12.8 Å². The van der Waals surface area contributed by atoms with Crippen LogP contribution in [-0.4, -0.2) is 22.2 Å². The summed E-state index contributed by atoms with van der Waals surface area (Å²) >= 11 is 0. The summed E-state index contributed by atoms with van der Waals surface area (Å²) in [7, 11) is 0. The molecule has 0 saturated heterocycles. The monoisotopic (exact) mass is 170 g/mol. The Hall–Kier alpha value is -1.32. The minimum absolute atomic E-state index is 0.209. The zero-order valence-corrected chi connectivity index (χ0v) is 6.43. The van der Waals surface area contributed by atoms with E-state index in [9.17, 15) is 9.59 Å². The predicted molar refractivity (Wildman–Crippen MR) is 40.6 cm³/mol. The molecule has 0 amide bonds. The van der Waals surface area contributed by atoms with Crippen LogP contribution in [-0.2, 0) is 9.59 Å². The Morgan fingerprint density at radius 1 is 1.25 bits per heavy atom. The Balaban J connectivity index is 2.63. The summed E-state index contributed by atoms with van der Waals surface area (Å²) < 4.78 is 0. The largest absolute Gasteiger partial charge is 0.481 e. The second-order valence-electron chi connectivity index (χ2n) is 2.88. The quantitative estimate of drug-likeness (QED) is 0.599. The van der Waals surface area contributed by atoms with E-state index in [1.54, 1.807) is 12.2 Å². The van der Waals surface area contributed by atoms with Crippen LogP contribution in [0.2, 0.25) is 0 Å². The van der Waals surface area contributed by atoms with Crippen molar-refractivity contribution in [1.82, 2.24) is 0 Å². The maximum absolute atomic E-state index is 10.5. The van der Waals surface area contributed by atoms with Crippen LogP contribution in [0.1, 0.15) is 12.8 Å². The average Bonchev–Trinajstić information content (AvgIpc) is 2.04. The first kappa shape index (κ1) is 8.77. The molecule has 1 aliphatic carbocycles. The number of carboxylic acids is 2. The zero-order chi connectivity index (χ0) is 9.14. The molecule has 0 radical (unpaired) electrons. The van der Waals surface area contributed by atoms with Crippen molar-refractivity contribution in [3.63, 3.8) is 0 Å². The normalized spacial score (nSPS) is 28.3. The highest BCUT2D eigenvalue weighted by molar-refractivity contribution is 5.76. The minimum atomic E-state index is -0.947. The Morgan fingerprint density at radius 3 is 2.42 bits per heavy atom. The molecule has 1 aliphatic rings. The van der Waals surface area contributed by atoms with Crippen LogP contribution in [0, 0.1) is 11.8 Å². The molecule has 0 saturated carbocycles. The molecular formula is C8H10O4. The van der Waals surface area contributed by atoms with Gasteiger partial charge in [-0.2, -0.15) is 0 Å². The maximum atomic E-state index is 10.5. The van der Waals surface area contributed by atoms with E-state index in [2.05, 4.69) is 0 Å². The first-order valence-corrected chi connectivity index (χ1v) is 3.73. The van der Waals surface area contributed by atoms with Gasteiger partial charge in [0.15, 0.2) is 0 Å². The van der Waals surface area contributed by atoms with Crippen LogP contribution in [0.15, 0.2) is 12.2 Å². The number of hydrogen-bond donors (Lipinski definition) is 2. The SMILES string of the molecule is O=C(O)[C@@H]1CC=C[C@H](C(=O)O)C1. The molecule has 0 aliphatic heterocycles.